The van der Waals surface area contributed by atoms with Crippen LogP contribution in [0.25, 0.3) is 0 Å². The molecule has 2 aromatic heterocycles. The Labute approximate surface area is 120 Å². The van der Waals surface area contributed by atoms with Gasteiger partial charge in [-0.2, -0.15) is 0 Å². The zero-order chi connectivity index (χ0) is 14.7. The number of rotatable bonds is 4. The molecular weight excluding hydrogens is 276 g/mol. The Bertz CT molecular complexity index is 616. The standard InChI is InChI=1S/C13H14N4O4/c1-19-11-12(15-6-5-14-11)20-9-3-7-17(8-9)13(18)10-2-4-16-21-10/h2,4-6,9H,3,7-8H2,1H3. The molecule has 1 unspecified atom stereocenters. The molecule has 1 aliphatic rings. The van der Waals surface area contributed by atoms with Crippen LogP contribution < -0.4 is 9.47 Å². The third-order valence-electron chi connectivity index (χ3n) is 3.19. The van der Waals surface area contributed by atoms with Gasteiger partial charge in [-0.1, -0.05) is 5.16 Å². The quantitative estimate of drug-likeness (QED) is 0.821. The first kappa shape index (κ1) is 13.3. The number of hydrogen-bond acceptors (Lipinski definition) is 7. The summed E-state index contributed by atoms with van der Waals surface area (Å²) in [4.78, 5) is 21.9. The molecule has 21 heavy (non-hydrogen) atoms. The summed E-state index contributed by atoms with van der Waals surface area (Å²) in [5.74, 6) is 0.703. The molecule has 0 N–H and O–H groups in total. The molecule has 1 amide bonds. The van der Waals surface area contributed by atoms with Crippen molar-refractivity contribution in [1.29, 1.82) is 0 Å². The molecule has 0 aromatic carbocycles. The van der Waals surface area contributed by atoms with Crippen LogP contribution >= 0.6 is 0 Å². The lowest BCUT2D eigenvalue weighted by atomic mass is 10.3. The fourth-order valence-corrected chi connectivity index (χ4v) is 2.18. The number of ether oxygens (including phenoxy) is 2. The number of nitrogens with zero attached hydrogens (tertiary/aromatic N) is 4. The van der Waals surface area contributed by atoms with E-state index >= 15 is 0 Å². The molecule has 1 fully saturated rings. The molecule has 3 heterocycles. The molecule has 0 saturated carbocycles. The minimum absolute atomic E-state index is 0.150. The number of hydrogen-bond donors (Lipinski definition) is 0. The van der Waals surface area contributed by atoms with Gasteiger partial charge in [0.15, 0.2) is 0 Å². The van der Waals surface area contributed by atoms with Crippen molar-refractivity contribution in [3.8, 4) is 11.8 Å². The Balaban J connectivity index is 1.63. The molecule has 2 aromatic rings. The van der Waals surface area contributed by atoms with Crippen molar-refractivity contribution in [2.75, 3.05) is 20.2 Å². The Morgan fingerprint density at radius 2 is 2.14 bits per heavy atom. The zero-order valence-electron chi connectivity index (χ0n) is 11.4. The van der Waals surface area contributed by atoms with Crippen LogP contribution in [-0.2, 0) is 0 Å². The lowest BCUT2D eigenvalue weighted by Crippen LogP contribution is -2.30. The van der Waals surface area contributed by atoms with Gasteiger partial charge in [0.2, 0.25) is 5.76 Å². The summed E-state index contributed by atoms with van der Waals surface area (Å²) in [6.45, 7) is 1.05. The van der Waals surface area contributed by atoms with Gasteiger partial charge < -0.3 is 18.9 Å². The summed E-state index contributed by atoms with van der Waals surface area (Å²) >= 11 is 0. The molecule has 8 nitrogen and oxygen atoms in total. The van der Waals surface area contributed by atoms with E-state index in [1.54, 1.807) is 11.0 Å². The van der Waals surface area contributed by atoms with Crippen LogP contribution in [0, 0.1) is 0 Å². The first-order chi connectivity index (χ1) is 10.3. The van der Waals surface area contributed by atoms with E-state index in [0.29, 0.717) is 31.3 Å². The van der Waals surface area contributed by atoms with Crippen molar-refractivity contribution in [3.63, 3.8) is 0 Å². The Morgan fingerprint density at radius 3 is 2.86 bits per heavy atom. The number of carbonyl (C=O) groups excluding carboxylic acids is 1. The summed E-state index contributed by atoms with van der Waals surface area (Å²) in [7, 11) is 1.51. The summed E-state index contributed by atoms with van der Waals surface area (Å²) in [6.07, 6.45) is 5.06. The highest BCUT2D eigenvalue weighted by Gasteiger charge is 2.30. The smallest absolute Gasteiger partial charge is 0.292 e. The van der Waals surface area contributed by atoms with E-state index in [4.69, 9.17) is 14.0 Å². The van der Waals surface area contributed by atoms with E-state index in [1.807, 2.05) is 0 Å². The highest BCUT2D eigenvalue weighted by atomic mass is 16.5. The first-order valence-corrected chi connectivity index (χ1v) is 6.49. The first-order valence-electron chi connectivity index (χ1n) is 6.49. The van der Waals surface area contributed by atoms with E-state index in [-0.39, 0.29) is 17.8 Å². The van der Waals surface area contributed by atoms with Gasteiger partial charge >= 0.3 is 0 Å². The highest BCUT2D eigenvalue weighted by molar-refractivity contribution is 5.91. The van der Waals surface area contributed by atoms with Crippen molar-refractivity contribution >= 4 is 5.91 Å². The second-order valence-electron chi connectivity index (χ2n) is 4.53. The topological polar surface area (TPSA) is 90.6 Å². The fraction of sp³-hybridized carbons (Fsp3) is 0.385. The van der Waals surface area contributed by atoms with E-state index < -0.39 is 0 Å². The molecule has 1 aliphatic heterocycles. The van der Waals surface area contributed by atoms with E-state index in [2.05, 4.69) is 15.1 Å². The van der Waals surface area contributed by atoms with E-state index in [9.17, 15) is 4.79 Å². The average molecular weight is 290 g/mol. The van der Waals surface area contributed by atoms with Crippen LogP contribution in [0.4, 0.5) is 0 Å². The second-order valence-corrected chi connectivity index (χ2v) is 4.53. The number of likely N-dealkylation sites (tertiary alicyclic amines) is 1. The van der Waals surface area contributed by atoms with Crippen molar-refractivity contribution < 1.29 is 18.8 Å². The van der Waals surface area contributed by atoms with Gasteiger partial charge in [0.25, 0.3) is 17.7 Å². The van der Waals surface area contributed by atoms with Gasteiger partial charge in [-0.3, -0.25) is 4.79 Å². The van der Waals surface area contributed by atoms with Crippen LogP contribution in [0.2, 0.25) is 0 Å². The third-order valence-corrected chi connectivity index (χ3v) is 3.19. The van der Waals surface area contributed by atoms with Crippen LogP contribution in [-0.4, -0.2) is 52.2 Å². The largest absolute Gasteiger partial charge is 0.477 e. The normalized spacial score (nSPS) is 17.8. The summed E-state index contributed by atoms with van der Waals surface area (Å²) < 4.78 is 15.7. The molecule has 3 rings (SSSR count). The van der Waals surface area contributed by atoms with Gasteiger partial charge in [-0.15, -0.1) is 0 Å². The number of carbonyl (C=O) groups is 1. The van der Waals surface area contributed by atoms with Gasteiger partial charge in [0.1, 0.15) is 6.10 Å². The second kappa shape index (κ2) is 5.78. The van der Waals surface area contributed by atoms with Crippen LogP contribution in [0.5, 0.6) is 11.8 Å². The number of methoxy groups -OCH3 is 1. The minimum atomic E-state index is -0.190. The average Bonchev–Trinajstić information content (AvgIpc) is 3.19. The summed E-state index contributed by atoms with van der Waals surface area (Å²) in [6, 6.07) is 1.54. The predicted molar refractivity (Wildman–Crippen MR) is 70.0 cm³/mol. The number of amides is 1. The van der Waals surface area contributed by atoms with Gasteiger partial charge in [-0.05, 0) is 0 Å². The fourth-order valence-electron chi connectivity index (χ4n) is 2.18. The number of aromatic nitrogens is 3. The zero-order valence-corrected chi connectivity index (χ0v) is 11.4. The predicted octanol–water partition coefficient (Wildman–Crippen LogP) is 0.767. The Kier molecular flexibility index (Phi) is 3.67. The molecule has 0 radical (unpaired) electrons. The molecule has 110 valence electrons. The van der Waals surface area contributed by atoms with Crippen molar-refractivity contribution in [2.24, 2.45) is 0 Å². The highest BCUT2D eigenvalue weighted by Crippen LogP contribution is 2.24. The lowest BCUT2D eigenvalue weighted by Gasteiger charge is -2.16. The minimum Gasteiger partial charge on any atom is -0.477 e. The SMILES string of the molecule is COc1nccnc1OC1CCN(C(=O)c2ccno2)C1. The van der Waals surface area contributed by atoms with Gasteiger partial charge in [0, 0.05) is 31.4 Å². The molecule has 0 aliphatic carbocycles. The molecule has 1 atom stereocenters. The third kappa shape index (κ3) is 2.78. The Morgan fingerprint density at radius 1 is 1.33 bits per heavy atom. The molecule has 8 heteroatoms. The van der Waals surface area contributed by atoms with E-state index in [0.717, 1.165) is 0 Å². The van der Waals surface area contributed by atoms with Crippen molar-refractivity contribution in [2.45, 2.75) is 12.5 Å². The van der Waals surface area contributed by atoms with Crippen LogP contribution in [0.15, 0.2) is 29.2 Å². The van der Waals surface area contributed by atoms with Crippen LogP contribution in [0.3, 0.4) is 0 Å². The van der Waals surface area contributed by atoms with Crippen LogP contribution in [0.1, 0.15) is 17.0 Å². The molecule has 0 bridgehead atoms. The summed E-state index contributed by atoms with van der Waals surface area (Å²) in [5, 5.41) is 3.54. The summed E-state index contributed by atoms with van der Waals surface area (Å²) in [5.41, 5.74) is 0. The van der Waals surface area contributed by atoms with Gasteiger partial charge in [0.05, 0.1) is 19.9 Å². The molecule has 1 saturated heterocycles. The van der Waals surface area contributed by atoms with E-state index in [1.165, 1.54) is 25.7 Å². The Hall–Kier alpha value is -2.64. The lowest BCUT2D eigenvalue weighted by molar-refractivity contribution is 0.0729. The molecule has 0 spiro atoms. The van der Waals surface area contributed by atoms with Crippen molar-refractivity contribution in [1.82, 2.24) is 20.0 Å². The molecular formula is C13H14N4O4. The maximum absolute atomic E-state index is 12.1. The maximum Gasteiger partial charge on any atom is 0.292 e. The van der Waals surface area contributed by atoms with Gasteiger partial charge in [-0.25, -0.2) is 9.97 Å². The maximum atomic E-state index is 12.1. The van der Waals surface area contributed by atoms with Crippen molar-refractivity contribution in [3.05, 3.63) is 30.4 Å². The monoisotopic (exact) mass is 290 g/mol.